The van der Waals surface area contributed by atoms with Gasteiger partial charge in [-0.05, 0) is 60.7 Å². The second-order valence-corrected chi connectivity index (χ2v) is 11.1. The van der Waals surface area contributed by atoms with Gasteiger partial charge in [-0.1, -0.05) is 0 Å². The molecule has 1 heterocycles. The number of esters is 3. The van der Waals surface area contributed by atoms with Crippen molar-refractivity contribution in [2.24, 2.45) is 0 Å². The van der Waals surface area contributed by atoms with Crippen LogP contribution in [0.2, 0.25) is 0 Å². The maximum atomic E-state index is 13.3. The van der Waals surface area contributed by atoms with Gasteiger partial charge < -0.3 is 79.9 Å². The third-order valence-electron chi connectivity index (χ3n) is 7.49. The van der Waals surface area contributed by atoms with E-state index in [0.29, 0.717) is 24.3 Å². The van der Waals surface area contributed by atoms with Crippen LogP contribution in [-0.2, 0) is 18.9 Å². The molecule has 5 atom stereocenters. The van der Waals surface area contributed by atoms with Gasteiger partial charge in [-0.25, -0.2) is 14.4 Å². The Labute approximate surface area is 290 Å². The third-order valence-corrected chi connectivity index (χ3v) is 7.49. The standard InChI is InChI=1S/C33H28O19/c34-15-1-3-16(4-2-15)49-33-29(52-32(47)14-9-21(39)26(43)22(40)10-14)28(51-31(46)13-7-19(37)25(42)20(38)8-13)27(44)23(50-33)11-48-30(45)12-5-17(35)24(41)18(36)6-12/h1-10,23,27-29,33-44H,11H2/t23-,27-,28+,29-,33-/m1/s1. The van der Waals surface area contributed by atoms with Crippen LogP contribution in [0.15, 0.2) is 60.7 Å². The molecule has 0 aliphatic carbocycles. The molecule has 0 aromatic heterocycles. The van der Waals surface area contributed by atoms with Crippen molar-refractivity contribution in [1.29, 1.82) is 0 Å². The largest absolute Gasteiger partial charge is 0.508 e. The number of rotatable bonds is 9. The topological polar surface area (TPSA) is 320 Å². The van der Waals surface area contributed by atoms with Gasteiger partial charge in [0, 0.05) is 0 Å². The molecule has 19 nitrogen and oxygen atoms in total. The number of phenolic OH excluding ortho intramolecular Hbond substituents is 10. The first kappa shape index (κ1) is 36.3. The van der Waals surface area contributed by atoms with Crippen LogP contribution in [0.25, 0.3) is 0 Å². The molecule has 0 bridgehead atoms. The van der Waals surface area contributed by atoms with E-state index in [2.05, 4.69) is 0 Å². The van der Waals surface area contributed by atoms with Gasteiger partial charge in [-0.3, -0.25) is 0 Å². The molecule has 1 fully saturated rings. The Bertz CT molecular complexity index is 1940. The Morgan fingerprint density at radius 2 is 0.942 bits per heavy atom. The fourth-order valence-electron chi connectivity index (χ4n) is 4.83. The van der Waals surface area contributed by atoms with E-state index in [4.69, 9.17) is 23.7 Å². The first-order chi connectivity index (χ1) is 24.5. The quantitative estimate of drug-likeness (QED) is 0.0661. The zero-order valence-corrected chi connectivity index (χ0v) is 26.1. The average molecular weight is 729 g/mol. The molecule has 274 valence electrons. The predicted octanol–water partition coefficient (Wildman–Crippen LogP) is 1.52. The van der Waals surface area contributed by atoms with Gasteiger partial charge in [0.2, 0.25) is 12.4 Å². The van der Waals surface area contributed by atoms with Crippen LogP contribution in [0, 0.1) is 0 Å². The Balaban J connectivity index is 1.52. The molecule has 5 rings (SSSR count). The highest BCUT2D eigenvalue weighted by atomic mass is 16.7. The summed E-state index contributed by atoms with van der Waals surface area (Å²) in [5.41, 5.74) is -1.62. The Morgan fingerprint density at radius 3 is 1.37 bits per heavy atom. The smallest absolute Gasteiger partial charge is 0.339 e. The SMILES string of the molecule is O=C(OC[C@H]1O[C@@H](Oc2ccc(O)cc2)[C@H](OC(=O)c2cc(O)c(O)c(O)c2)[C@@H](OC(=O)c2cc(O)c(O)c(O)c2)[C@@H]1O)c1cc(O)c(O)c(O)c1. The lowest BCUT2D eigenvalue weighted by atomic mass is 9.98. The summed E-state index contributed by atoms with van der Waals surface area (Å²) in [5.74, 6) is -12.6. The van der Waals surface area contributed by atoms with E-state index in [1.807, 2.05) is 0 Å². The Hall–Kier alpha value is -6.99. The predicted molar refractivity (Wildman–Crippen MR) is 166 cm³/mol. The lowest BCUT2D eigenvalue weighted by Crippen LogP contribution is -2.62. The molecule has 0 radical (unpaired) electrons. The second-order valence-electron chi connectivity index (χ2n) is 11.1. The first-order valence-corrected chi connectivity index (χ1v) is 14.7. The zero-order valence-electron chi connectivity index (χ0n) is 26.1. The number of benzene rings is 4. The van der Waals surface area contributed by atoms with Gasteiger partial charge in [0.05, 0.1) is 16.7 Å². The van der Waals surface area contributed by atoms with Crippen molar-refractivity contribution < 1.29 is 94.2 Å². The minimum absolute atomic E-state index is 0.0654. The summed E-state index contributed by atoms with van der Waals surface area (Å²) in [6, 6.07) is 9.17. The normalized spacial score (nSPS) is 19.7. The van der Waals surface area contributed by atoms with E-state index < -0.39 is 124 Å². The monoisotopic (exact) mass is 728 g/mol. The van der Waals surface area contributed by atoms with Crippen molar-refractivity contribution in [3.8, 4) is 63.2 Å². The molecule has 0 saturated carbocycles. The molecule has 11 N–H and O–H groups in total. The third kappa shape index (κ3) is 7.59. The summed E-state index contributed by atoms with van der Waals surface area (Å²) in [7, 11) is 0. The summed E-state index contributed by atoms with van der Waals surface area (Å²) in [5, 5.41) is 109. The van der Waals surface area contributed by atoms with Crippen LogP contribution in [0.5, 0.6) is 63.2 Å². The molecule has 4 aromatic rings. The summed E-state index contributed by atoms with van der Waals surface area (Å²) < 4.78 is 27.7. The van der Waals surface area contributed by atoms with Gasteiger partial charge in [0.25, 0.3) is 0 Å². The highest BCUT2D eigenvalue weighted by Gasteiger charge is 2.52. The van der Waals surface area contributed by atoms with Crippen LogP contribution in [-0.4, -0.2) is 111 Å². The summed E-state index contributed by atoms with van der Waals surface area (Å²) in [6.45, 7) is -0.882. The minimum Gasteiger partial charge on any atom is -0.508 e. The Morgan fingerprint density at radius 1 is 0.558 bits per heavy atom. The fraction of sp³-hybridized carbons (Fsp3) is 0.182. The Kier molecular flexibility index (Phi) is 10.1. The van der Waals surface area contributed by atoms with E-state index in [9.17, 15) is 70.6 Å². The fourth-order valence-corrected chi connectivity index (χ4v) is 4.83. The number of aliphatic hydroxyl groups is 1. The van der Waals surface area contributed by atoms with E-state index in [-0.39, 0.29) is 11.5 Å². The maximum Gasteiger partial charge on any atom is 0.339 e. The van der Waals surface area contributed by atoms with E-state index in [1.54, 1.807) is 0 Å². The summed E-state index contributed by atoms with van der Waals surface area (Å²) >= 11 is 0. The van der Waals surface area contributed by atoms with Crippen molar-refractivity contribution in [3.63, 3.8) is 0 Å². The van der Waals surface area contributed by atoms with Crippen LogP contribution in [0.4, 0.5) is 0 Å². The number of hydrogen-bond donors (Lipinski definition) is 11. The molecule has 0 spiro atoms. The van der Waals surface area contributed by atoms with Crippen molar-refractivity contribution in [3.05, 3.63) is 77.4 Å². The lowest BCUT2D eigenvalue weighted by Gasteiger charge is -2.43. The zero-order chi connectivity index (χ0) is 38.0. The van der Waals surface area contributed by atoms with Crippen LogP contribution < -0.4 is 4.74 Å². The van der Waals surface area contributed by atoms with E-state index in [0.717, 1.165) is 12.1 Å². The molecular weight excluding hydrogens is 700 g/mol. The van der Waals surface area contributed by atoms with E-state index >= 15 is 0 Å². The van der Waals surface area contributed by atoms with Gasteiger partial charge in [0.15, 0.2) is 57.8 Å². The lowest BCUT2D eigenvalue weighted by molar-refractivity contribution is -0.276. The summed E-state index contributed by atoms with van der Waals surface area (Å²) in [4.78, 5) is 39.4. The minimum atomic E-state index is -2.09. The molecule has 0 amide bonds. The number of ether oxygens (including phenoxy) is 5. The average Bonchev–Trinajstić information content (AvgIpc) is 3.10. The number of hydrogen-bond acceptors (Lipinski definition) is 19. The number of carbonyl (C=O) groups excluding carboxylic acids is 3. The molecule has 19 heteroatoms. The maximum absolute atomic E-state index is 13.3. The van der Waals surface area contributed by atoms with Crippen LogP contribution in [0.1, 0.15) is 31.1 Å². The first-order valence-electron chi connectivity index (χ1n) is 14.7. The second kappa shape index (κ2) is 14.5. The van der Waals surface area contributed by atoms with Crippen LogP contribution >= 0.6 is 0 Å². The molecule has 0 unspecified atom stereocenters. The molecule has 4 aromatic carbocycles. The molecule has 52 heavy (non-hydrogen) atoms. The number of phenols is 10. The van der Waals surface area contributed by atoms with Crippen molar-refractivity contribution in [2.75, 3.05) is 6.61 Å². The number of aromatic hydroxyl groups is 10. The molecule has 1 aliphatic heterocycles. The van der Waals surface area contributed by atoms with Gasteiger partial charge in [-0.2, -0.15) is 0 Å². The van der Waals surface area contributed by atoms with Crippen molar-refractivity contribution in [1.82, 2.24) is 0 Å². The number of carbonyl (C=O) groups is 3. The van der Waals surface area contributed by atoms with E-state index in [1.165, 1.54) is 24.3 Å². The molecule has 1 saturated heterocycles. The highest BCUT2D eigenvalue weighted by Crippen LogP contribution is 2.39. The molecular formula is C33H28O19. The van der Waals surface area contributed by atoms with Gasteiger partial charge in [-0.15, -0.1) is 0 Å². The number of aliphatic hydroxyl groups excluding tert-OH is 1. The highest BCUT2D eigenvalue weighted by molar-refractivity contribution is 5.92. The van der Waals surface area contributed by atoms with Crippen molar-refractivity contribution in [2.45, 2.75) is 30.7 Å². The van der Waals surface area contributed by atoms with Gasteiger partial charge in [0.1, 0.15) is 30.3 Å². The van der Waals surface area contributed by atoms with Gasteiger partial charge >= 0.3 is 17.9 Å². The molecule has 1 aliphatic rings. The summed E-state index contributed by atoms with van der Waals surface area (Å²) in [6.07, 6.45) is -9.72. The van der Waals surface area contributed by atoms with Crippen LogP contribution in [0.3, 0.4) is 0 Å². The van der Waals surface area contributed by atoms with Crippen molar-refractivity contribution >= 4 is 17.9 Å².